The maximum absolute atomic E-state index is 4.38. The molecule has 0 bridgehead atoms. The van der Waals surface area contributed by atoms with E-state index in [4.69, 9.17) is 0 Å². The van der Waals surface area contributed by atoms with E-state index in [9.17, 15) is 0 Å². The molecule has 5 heteroatoms. The summed E-state index contributed by atoms with van der Waals surface area (Å²) in [6.07, 6.45) is 8.92. The molecule has 0 spiro atoms. The van der Waals surface area contributed by atoms with E-state index >= 15 is 0 Å². The Kier molecular flexibility index (Phi) is 6.68. The van der Waals surface area contributed by atoms with E-state index in [1.165, 1.54) is 37.0 Å². The molecule has 22 heavy (non-hydrogen) atoms. The highest BCUT2D eigenvalue weighted by molar-refractivity contribution is 7.11. The summed E-state index contributed by atoms with van der Waals surface area (Å²) in [5.41, 5.74) is 0. The summed E-state index contributed by atoms with van der Waals surface area (Å²) in [6, 6.07) is 0.437. The first-order valence-electron chi connectivity index (χ1n) is 8.48. The average molecular weight is 323 g/mol. The molecule has 1 aromatic rings. The Hall–Kier alpha value is -1.10. The highest BCUT2D eigenvalue weighted by atomic mass is 32.1. The Bertz CT molecular complexity index is 477. The molecule has 0 aliphatic heterocycles. The van der Waals surface area contributed by atoms with Crippen LogP contribution in [-0.4, -0.2) is 24.0 Å². The first-order chi connectivity index (χ1) is 10.6. The third-order valence-electron chi connectivity index (χ3n) is 4.85. The second kappa shape index (κ2) is 8.51. The molecule has 1 saturated carbocycles. The highest BCUT2D eigenvalue weighted by Gasteiger charge is 2.24. The van der Waals surface area contributed by atoms with Crippen molar-refractivity contribution >= 4 is 17.3 Å². The fourth-order valence-electron chi connectivity index (χ4n) is 3.25. The molecule has 2 N–H and O–H groups in total. The number of hydrogen-bond acceptors (Lipinski definition) is 3. The van der Waals surface area contributed by atoms with Crippen LogP contribution in [0.1, 0.15) is 55.8 Å². The van der Waals surface area contributed by atoms with E-state index in [1.54, 1.807) is 11.3 Å². The third-order valence-corrected chi connectivity index (χ3v) is 5.76. The van der Waals surface area contributed by atoms with Gasteiger partial charge in [-0.1, -0.05) is 39.0 Å². The van der Waals surface area contributed by atoms with Gasteiger partial charge in [0.25, 0.3) is 0 Å². The average Bonchev–Trinajstić information content (AvgIpc) is 2.96. The van der Waals surface area contributed by atoms with Gasteiger partial charge in [0.05, 0.1) is 6.54 Å². The minimum Gasteiger partial charge on any atom is -0.354 e. The Labute approximate surface area is 138 Å². The number of rotatable bonds is 5. The normalized spacial score (nSPS) is 19.7. The van der Waals surface area contributed by atoms with Gasteiger partial charge in [-0.05, 0) is 25.7 Å². The lowest BCUT2D eigenvalue weighted by Crippen LogP contribution is -2.46. The van der Waals surface area contributed by atoms with Gasteiger partial charge in [-0.3, -0.25) is 4.99 Å². The Morgan fingerprint density at radius 2 is 2.09 bits per heavy atom. The standard InChI is InChI=1S/C17H30N4S/c1-12-10-19-16(22-12)11-20-17(18-4)21-14(3)13(2)15-8-6-5-7-9-15/h10,13-15H,5-9,11H2,1-4H3,(H2,18,20,21). The van der Waals surface area contributed by atoms with Gasteiger partial charge in [0, 0.05) is 24.2 Å². The highest BCUT2D eigenvalue weighted by Crippen LogP contribution is 2.31. The SMILES string of the molecule is CN=C(NCc1ncc(C)s1)NC(C)C(C)C1CCCCC1. The van der Waals surface area contributed by atoms with Crippen molar-refractivity contribution in [3.05, 3.63) is 16.1 Å². The topological polar surface area (TPSA) is 49.3 Å². The molecule has 2 atom stereocenters. The van der Waals surface area contributed by atoms with E-state index in [0.717, 1.165) is 23.4 Å². The zero-order valence-electron chi connectivity index (χ0n) is 14.4. The van der Waals surface area contributed by atoms with Gasteiger partial charge < -0.3 is 10.6 Å². The minimum atomic E-state index is 0.437. The molecule has 1 aliphatic rings. The van der Waals surface area contributed by atoms with Crippen molar-refractivity contribution < 1.29 is 0 Å². The second-order valence-electron chi connectivity index (χ2n) is 6.48. The Morgan fingerprint density at radius 1 is 1.36 bits per heavy atom. The molecule has 1 fully saturated rings. The number of nitrogens with one attached hydrogen (secondary N) is 2. The molecule has 2 unspecified atom stereocenters. The van der Waals surface area contributed by atoms with Crippen molar-refractivity contribution in [3.63, 3.8) is 0 Å². The van der Waals surface area contributed by atoms with Crippen LogP contribution in [-0.2, 0) is 6.54 Å². The van der Waals surface area contributed by atoms with Crippen molar-refractivity contribution in [2.24, 2.45) is 16.8 Å². The first-order valence-corrected chi connectivity index (χ1v) is 9.30. The van der Waals surface area contributed by atoms with Crippen LogP contribution >= 0.6 is 11.3 Å². The van der Waals surface area contributed by atoms with E-state index < -0.39 is 0 Å². The largest absolute Gasteiger partial charge is 0.354 e. The van der Waals surface area contributed by atoms with Gasteiger partial charge >= 0.3 is 0 Å². The number of hydrogen-bond donors (Lipinski definition) is 2. The fraction of sp³-hybridized carbons (Fsp3) is 0.765. The molecule has 0 saturated heterocycles. The third kappa shape index (κ3) is 4.97. The molecule has 0 aromatic carbocycles. The number of thiazole rings is 1. The zero-order chi connectivity index (χ0) is 15.9. The molecule has 2 rings (SSSR count). The monoisotopic (exact) mass is 322 g/mol. The van der Waals surface area contributed by atoms with E-state index in [-0.39, 0.29) is 0 Å². The van der Waals surface area contributed by atoms with Crippen molar-refractivity contribution in [1.82, 2.24) is 15.6 Å². The van der Waals surface area contributed by atoms with Crippen LogP contribution in [0.5, 0.6) is 0 Å². The summed E-state index contributed by atoms with van der Waals surface area (Å²) in [4.78, 5) is 9.98. The molecular weight excluding hydrogens is 292 g/mol. The smallest absolute Gasteiger partial charge is 0.191 e. The maximum atomic E-state index is 4.38. The van der Waals surface area contributed by atoms with Gasteiger partial charge in [0.15, 0.2) is 5.96 Å². The molecule has 4 nitrogen and oxygen atoms in total. The van der Waals surface area contributed by atoms with E-state index in [0.29, 0.717) is 12.0 Å². The quantitative estimate of drug-likeness (QED) is 0.641. The summed E-state index contributed by atoms with van der Waals surface area (Å²) in [6.45, 7) is 7.48. The lowest BCUT2D eigenvalue weighted by atomic mass is 9.78. The van der Waals surface area contributed by atoms with Crippen LogP contribution in [0.3, 0.4) is 0 Å². The van der Waals surface area contributed by atoms with Gasteiger partial charge in [0.2, 0.25) is 0 Å². The molecule has 0 radical (unpaired) electrons. The molecule has 1 aromatic heterocycles. The molecular formula is C17H30N4S. The zero-order valence-corrected chi connectivity index (χ0v) is 15.2. The van der Waals surface area contributed by atoms with Crippen molar-refractivity contribution in [2.45, 2.75) is 65.5 Å². The lowest BCUT2D eigenvalue weighted by molar-refractivity contribution is 0.229. The molecule has 1 heterocycles. The number of nitrogens with zero attached hydrogens (tertiary/aromatic N) is 2. The second-order valence-corrected chi connectivity index (χ2v) is 7.80. The van der Waals surface area contributed by atoms with Crippen LogP contribution in [0.4, 0.5) is 0 Å². The van der Waals surface area contributed by atoms with Crippen LogP contribution in [0, 0.1) is 18.8 Å². The summed E-state index contributed by atoms with van der Waals surface area (Å²) in [5.74, 6) is 2.42. The number of aliphatic imine (C=N–C) groups is 1. The predicted molar refractivity (Wildman–Crippen MR) is 95.4 cm³/mol. The lowest BCUT2D eigenvalue weighted by Gasteiger charge is -2.32. The summed E-state index contributed by atoms with van der Waals surface area (Å²) in [7, 11) is 1.83. The van der Waals surface area contributed by atoms with Crippen LogP contribution in [0.25, 0.3) is 0 Å². The van der Waals surface area contributed by atoms with E-state index in [2.05, 4.69) is 41.4 Å². The summed E-state index contributed by atoms with van der Waals surface area (Å²) >= 11 is 1.73. The Morgan fingerprint density at radius 3 is 2.68 bits per heavy atom. The van der Waals surface area contributed by atoms with Gasteiger partial charge in [-0.15, -0.1) is 11.3 Å². The van der Waals surface area contributed by atoms with Gasteiger partial charge in [-0.2, -0.15) is 0 Å². The summed E-state index contributed by atoms with van der Waals surface area (Å²) < 4.78 is 0. The van der Waals surface area contributed by atoms with Crippen LogP contribution < -0.4 is 10.6 Å². The number of aromatic nitrogens is 1. The van der Waals surface area contributed by atoms with Gasteiger partial charge in [0.1, 0.15) is 5.01 Å². The molecule has 124 valence electrons. The molecule has 1 aliphatic carbocycles. The number of aryl methyl sites for hydroxylation is 1. The first kappa shape index (κ1) is 17.3. The minimum absolute atomic E-state index is 0.437. The van der Waals surface area contributed by atoms with Crippen LogP contribution in [0.2, 0.25) is 0 Å². The maximum Gasteiger partial charge on any atom is 0.191 e. The van der Waals surface area contributed by atoms with E-state index in [1.807, 2.05) is 13.2 Å². The van der Waals surface area contributed by atoms with Crippen LogP contribution in [0.15, 0.2) is 11.2 Å². The van der Waals surface area contributed by atoms with Crippen molar-refractivity contribution in [2.75, 3.05) is 7.05 Å². The number of guanidine groups is 1. The van der Waals surface area contributed by atoms with Crippen molar-refractivity contribution in [3.8, 4) is 0 Å². The Balaban J connectivity index is 1.81. The molecule has 0 amide bonds. The fourth-order valence-corrected chi connectivity index (χ4v) is 3.98. The summed E-state index contributed by atoms with van der Waals surface area (Å²) in [5, 5.41) is 8.04. The predicted octanol–water partition coefficient (Wildman–Crippen LogP) is 3.72. The van der Waals surface area contributed by atoms with Gasteiger partial charge in [-0.25, -0.2) is 4.98 Å². The van der Waals surface area contributed by atoms with Crippen molar-refractivity contribution in [1.29, 1.82) is 0 Å².